The highest BCUT2D eigenvalue weighted by atomic mass is 32.1. The average Bonchev–Trinajstić information content (AvgIpc) is 2.69. The number of nitrogens with two attached hydrogens (primary N) is 1. The standard InChI is InChI=1S/C15H20N2OS/c1-10(2)8-9-18-13-6-4-12(5-7-13)14-11(3)19-15(16)17-14/h4-7,10H,8-9H2,1-3H3,(H2,16,17). The Hall–Kier alpha value is -1.55. The number of benzene rings is 1. The van der Waals surface area contributed by atoms with E-state index < -0.39 is 0 Å². The summed E-state index contributed by atoms with van der Waals surface area (Å²) in [5, 5.41) is 0.616. The van der Waals surface area contributed by atoms with Crippen LogP contribution in [0.15, 0.2) is 24.3 Å². The first-order chi connectivity index (χ1) is 9.06. The summed E-state index contributed by atoms with van der Waals surface area (Å²) in [7, 11) is 0. The van der Waals surface area contributed by atoms with Crippen LogP contribution < -0.4 is 10.5 Å². The minimum absolute atomic E-state index is 0.616. The molecule has 2 N–H and O–H groups in total. The summed E-state index contributed by atoms with van der Waals surface area (Å²) in [5.74, 6) is 1.57. The Morgan fingerprint density at radius 3 is 2.47 bits per heavy atom. The Kier molecular flexibility index (Phi) is 4.43. The molecule has 0 bridgehead atoms. The Morgan fingerprint density at radius 1 is 1.26 bits per heavy atom. The van der Waals surface area contributed by atoms with Crippen LogP contribution in [0.1, 0.15) is 25.1 Å². The van der Waals surface area contributed by atoms with Crippen LogP contribution in [0, 0.1) is 12.8 Å². The minimum atomic E-state index is 0.616. The van der Waals surface area contributed by atoms with Crippen LogP contribution in [0.2, 0.25) is 0 Å². The molecular weight excluding hydrogens is 256 g/mol. The van der Waals surface area contributed by atoms with E-state index in [0.29, 0.717) is 11.0 Å². The molecule has 3 nitrogen and oxygen atoms in total. The Morgan fingerprint density at radius 2 is 1.95 bits per heavy atom. The SMILES string of the molecule is Cc1sc(N)nc1-c1ccc(OCCC(C)C)cc1. The third-order valence-electron chi connectivity index (χ3n) is 2.90. The largest absolute Gasteiger partial charge is 0.494 e. The molecule has 19 heavy (non-hydrogen) atoms. The van der Waals surface area contributed by atoms with Crippen LogP contribution >= 0.6 is 11.3 Å². The van der Waals surface area contributed by atoms with Crippen molar-refractivity contribution < 1.29 is 4.74 Å². The van der Waals surface area contributed by atoms with Crippen molar-refractivity contribution in [1.29, 1.82) is 0 Å². The molecule has 0 fully saturated rings. The van der Waals surface area contributed by atoms with Gasteiger partial charge in [-0.25, -0.2) is 4.98 Å². The van der Waals surface area contributed by atoms with Gasteiger partial charge in [0.15, 0.2) is 5.13 Å². The van der Waals surface area contributed by atoms with Crippen molar-refractivity contribution in [3.63, 3.8) is 0 Å². The highest BCUT2D eigenvalue weighted by Gasteiger charge is 2.08. The maximum Gasteiger partial charge on any atom is 0.180 e. The average molecular weight is 276 g/mol. The molecule has 0 aliphatic carbocycles. The van der Waals surface area contributed by atoms with E-state index in [2.05, 4.69) is 18.8 Å². The molecule has 0 amide bonds. The number of nitrogens with zero attached hydrogens (tertiary/aromatic N) is 1. The molecule has 1 heterocycles. The van der Waals surface area contributed by atoms with Crippen molar-refractivity contribution in [3.05, 3.63) is 29.1 Å². The lowest BCUT2D eigenvalue weighted by Gasteiger charge is -2.08. The predicted molar refractivity (Wildman–Crippen MR) is 81.6 cm³/mol. The van der Waals surface area contributed by atoms with E-state index in [-0.39, 0.29) is 0 Å². The fourth-order valence-corrected chi connectivity index (χ4v) is 2.52. The zero-order chi connectivity index (χ0) is 13.8. The Labute approximate surface area is 118 Å². The van der Waals surface area contributed by atoms with E-state index in [9.17, 15) is 0 Å². The van der Waals surface area contributed by atoms with E-state index in [4.69, 9.17) is 10.5 Å². The van der Waals surface area contributed by atoms with Gasteiger partial charge in [0.1, 0.15) is 5.75 Å². The number of thiazole rings is 1. The van der Waals surface area contributed by atoms with E-state index in [1.54, 1.807) is 0 Å². The van der Waals surface area contributed by atoms with Gasteiger partial charge in [0, 0.05) is 10.4 Å². The second-order valence-corrected chi connectivity index (χ2v) is 6.25. The van der Waals surface area contributed by atoms with E-state index in [1.165, 1.54) is 11.3 Å². The summed E-state index contributed by atoms with van der Waals surface area (Å²) in [4.78, 5) is 5.50. The number of ether oxygens (including phenoxy) is 1. The van der Waals surface area contributed by atoms with Gasteiger partial charge in [0.25, 0.3) is 0 Å². The number of hydrogen-bond acceptors (Lipinski definition) is 4. The van der Waals surface area contributed by atoms with Gasteiger partial charge < -0.3 is 10.5 Å². The first kappa shape index (κ1) is 13.9. The molecule has 2 rings (SSSR count). The molecule has 0 atom stereocenters. The van der Waals surface area contributed by atoms with Crippen molar-refractivity contribution in [2.24, 2.45) is 5.92 Å². The molecule has 1 aromatic carbocycles. The van der Waals surface area contributed by atoms with Crippen LogP contribution in [-0.4, -0.2) is 11.6 Å². The van der Waals surface area contributed by atoms with Gasteiger partial charge in [0.05, 0.1) is 12.3 Å². The Bertz CT molecular complexity index is 532. The van der Waals surface area contributed by atoms with E-state index >= 15 is 0 Å². The van der Waals surface area contributed by atoms with Gasteiger partial charge in [0.2, 0.25) is 0 Å². The number of aryl methyl sites for hydroxylation is 1. The molecule has 2 aromatic rings. The molecular formula is C15H20N2OS. The smallest absolute Gasteiger partial charge is 0.180 e. The van der Waals surface area contributed by atoms with Crippen molar-refractivity contribution >= 4 is 16.5 Å². The quantitative estimate of drug-likeness (QED) is 0.893. The summed E-state index contributed by atoms with van der Waals surface area (Å²) < 4.78 is 5.70. The lowest BCUT2D eigenvalue weighted by molar-refractivity contribution is 0.289. The van der Waals surface area contributed by atoms with Crippen molar-refractivity contribution in [1.82, 2.24) is 4.98 Å². The van der Waals surface area contributed by atoms with Gasteiger partial charge in [-0.3, -0.25) is 0 Å². The second kappa shape index (κ2) is 6.06. The molecule has 4 heteroatoms. The molecule has 102 valence electrons. The molecule has 0 aliphatic rings. The minimum Gasteiger partial charge on any atom is -0.494 e. The highest BCUT2D eigenvalue weighted by Crippen LogP contribution is 2.29. The van der Waals surface area contributed by atoms with Crippen molar-refractivity contribution in [3.8, 4) is 17.0 Å². The zero-order valence-electron chi connectivity index (χ0n) is 11.6. The first-order valence-corrected chi connectivity index (χ1v) is 7.34. The van der Waals surface area contributed by atoms with E-state index in [0.717, 1.165) is 34.9 Å². The monoisotopic (exact) mass is 276 g/mol. The number of nitrogen functional groups attached to an aromatic ring is 1. The summed E-state index contributed by atoms with van der Waals surface area (Å²) in [6.07, 6.45) is 1.07. The highest BCUT2D eigenvalue weighted by molar-refractivity contribution is 7.15. The van der Waals surface area contributed by atoms with Crippen molar-refractivity contribution in [2.45, 2.75) is 27.2 Å². The summed E-state index contributed by atoms with van der Waals surface area (Å²) in [6.45, 7) is 7.19. The lowest BCUT2D eigenvalue weighted by atomic mass is 10.1. The number of hydrogen-bond donors (Lipinski definition) is 1. The van der Waals surface area contributed by atoms with Crippen LogP contribution in [0.4, 0.5) is 5.13 Å². The van der Waals surface area contributed by atoms with Crippen LogP contribution in [0.3, 0.4) is 0 Å². The first-order valence-electron chi connectivity index (χ1n) is 6.52. The summed E-state index contributed by atoms with van der Waals surface area (Å²) in [6, 6.07) is 8.05. The molecule has 0 aliphatic heterocycles. The third kappa shape index (κ3) is 3.70. The van der Waals surface area contributed by atoms with Gasteiger partial charge in [-0.1, -0.05) is 13.8 Å². The van der Waals surface area contributed by atoms with Gasteiger partial charge in [-0.05, 0) is 43.5 Å². The zero-order valence-corrected chi connectivity index (χ0v) is 12.5. The maximum absolute atomic E-state index is 5.72. The van der Waals surface area contributed by atoms with Crippen LogP contribution in [0.5, 0.6) is 5.75 Å². The fourth-order valence-electron chi connectivity index (χ4n) is 1.81. The molecule has 1 aromatic heterocycles. The van der Waals surface area contributed by atoms with Gasteiger partial charge >= 0.3 is 0 Å². The molecule has 0 spiro atoms. The third-order valence-corrected chi connectivity index (χ3v) is 3.70. The van der Waals surface area contributed by atoms with Crippen molar-refractivity contribution in [2.75, 3.05) is 12.3 Å². The molecule has 0 saturated heterocycles. The maximum atomic E-state index is 5.72. The normalized spacial score (nSPS) is 10.9. The predicted octanol–water partition coefficient (Wildman–Crippen LogP) is 4.13. The van der Waals surface area contributed by atoms with Gasteiger partial charge in [-0.2, -0.15) is 0 Å². The Balaban J connectivity index is 2.04. The summed E-state index contributed by atoms with van der Waals surface area (Å²) in [5.41, 5.74) is 7.78. The topological polar surface area (TPSA) is 48.1 Å². The number of aromatic nitrogens is 1. The van der Waals surface area contributed by atoms with Crippen LogP contribution in [0.25, 0.3) is 11.3 Å². The lowest BCUT2D eigenvalue weighted by Crippen LogP contribution is -2.01. The molecule has 0 saturated carbocycles. The van der Waals surface area contributed by atoms with E-state index in [1.807, 2.05) is 31.2 Å². The second-order valence-electron chi connectivity index (χ2n) is 5.01. The fraction of sp³-hybridized carbons (Fsp3) is 0.400. The molecule has 0 radical (unpaired) electrons. The van der Waals surface area contributed by atoms with Gasteiger partial charge in [-0.15, -0.1) is 11.3 Å². The number of anilines is 1. The summed E-state index contributed by atoms with van der Waals surface area (Å²) >= 11 is 1.52. The number of rotatable bonds is 5. The van der Waals surface area contributed by atoms with Crippen LogP contribution in [-0.2, 0) is 0 Å². The molecule has 0 unspecified atom stereocenters.